The Hall–Kier alpha value is -0.870. The summed E-state index contributed by atoms with van der Waals surface area (Å²) in [5.41, 5.74) is 0. The molecule has 0 saturated heterocycles. The molecule has 1 aliphatic carbocycles. The highest BCUT2D eigenvalue weighted by Gasteiger charge is 2.27. The molecule has 1 fully saturated rings. The van der Waals surface area contributed by atoms with Gasteiger partial charge in [0.2, 0.25) is 0 Å². The van der Waals surface area contributed by atoms with Crippen LogP contribution in [0.5, 0.6) is 0 Å². The zero-order valence-corrected chi connectivity index (χ0v) is 12.4. The highest BCUT2D eigenvalue weighted by Crippen LogP contribution is 2.25. The third-order valence-electron chi connectivity index (χ3n) is 3.68. The summed E-state index contributed by atoms with van der Waals surface area (Å²) in [5.74, 6) is 0.0974. The van der Waals surface area contributed by atoms with Gasteiger partial charge >= 0.3 is 5.97 Å². The molecule has 0 aliphatic heterocycles. The molecule has 0 spiro atoms. The molecule has 1 N–H and O–H groups in total. The first-order chi connectivity index (χ1) is 9.29. The van der Waals surface area contributed by atoms with Gasteiger partial charge in [0.25, 0.3) is 0 Å². The van der Waals surface area contributed by atoms with Crippen LogP contribution in [0.15, 0.2) is 17.5 Å². The van der Waals surface area contributed by atoms with E-state index in [-0.39, 0.29) is 11.9 Å². The molecule has 0 amide bonds. The molecule has 0 bridgehead atoms. The van der Waals surface area contributed by atoms with Crippen molar-refractivity contribution in [2.24, 2.45) is 5.92 Å². The van der Waals surface area contributed by atoms with Crippen molar-refractivity contribution in [1.29, 1.82) is 0 Å². The number of carbonyl (C=O) groups is 1. The van der Waals surface area contributed by atoms with E-state index in [0.717, 1.165) is 32.2 Å². The zero-order chi connectivity index (χ0) is 13.5. The van der Waals surface area contributed by atoms with Gasteiger partial charge in [0.15, 0.2) is 0 Å². The third kappa shape index (κ3) is 4.62. The molecule has 106 valence electrons. The van der Waals surface area contributed by atoms with Crippen LogP contribution in [0, 0.1) is 5.92 Å². The number of nitrogens with one attached hydrogen (secondary N) is 1. The highest BCUT2D eigenvalue weighted by atomic mass is 32.1. The summed E-state index contributed by atoms with van der Waals surface area (Å²) in [6, 6.07) is 4.74. The average molecular weight is 281 g/mol. The van der Waals surface area contributed by atoms with Crippen molar-refractivity contribution >= 4 is 17.3 Å². The molecule has 2 atom stereocenters. The molecule has 1 heterocycles. The second-order valence-corrected chi connectivity index (χ2v) is 6.13. The van der Waals surface area contributed by atoms with Crippen molar-refractivity contribution in [2.45, 2.75) is 45.1 Å². The SMILES string of the molecule is CCOC(=O)C1CCCC(NCCc2cccs2)C1. The van der Waals surface area contributed by atoms with Crippen molar-refractivity contribution in [3.63, 3.8) is 0 Å². The number of hydrogen-bond donors (Lipinski definition) is 1. The summed E-state index contributed by atoms with van der Waals surface area (Å²) in [6.07, 6.45) is 5.31. The molecule has 0 aromatic carbocycles. The van der Waals surface area contributed by atoms with Gasteiger partial charge in [0.05, 0.1) is 12.5 Å². The number of carbonyl (C=O) groups excluding carboxylic acids is 1. The Balaban J connectivity index is 1.70. The first-order valence-corrected chi connectivity index (χ1v) is 8.10. The predicted molar refractivity (Wildman–Crippen MR) is 78.4 cm³/mol. The van der Waals surface area contributed by atoms with Gasteiger partial charge in [-0.3, -0.25) is 4.79 Å². The van der Waals surface area contributed by atoms with E-state index in [1.54, 1.807) is 0 Å². The fourth-order valence-corrected chi connectivity index (χ4v) is 3.41. The van der Waals surface area contributed by atoms with Crippen LogP contribution in [0.25, 0.3) is 0 Å². The molecule has 1 aromatic rings. The normalized spacial score (nSPS) is 23.2. The van der Waals surface area contributed by atoms with Crippen molar-refractivity contribution in [1.82, 2.24) is 5.32 Å². The van der Waals surface area contributed by atoms with E-state index in [2.05, 4.69) is 22.8 Å². The number of rotatable bonds is 6. The van der Waals surface area contributed by atoms with Gasteiger partial charge in [-0.1, -0.05) is 12.5 Å². The van der Waals surface area contributed by atoms with Crippen molar-refractivity contribution in [3.8, 4) is 0 Å². The van der Waals surface area contributed by atoms with Crippen molar-refractivity contribution in [3.05, 3.63) is 22.4 Å². The predicted octanol–water partition coefficient (Wildman–Crippen LogP) is 3.00. The van der Waals surface area contributed by atoms with Crippen LogP contribution in [-0.2, 0) is 16.0 Å². The fourth-order valence-electron chi connectivity index (χ4n) is 2.70. The van der Waals surface area contributed by atoms with Gasteiger partial charge in [-0.15, -0.1) is 11.3 Å². The molecule has 4 heteroatoms. The number of thiophene rings is 1. The van der Waals surface area contributed by atoms with Crippen LogP contribution < -0.4 is 5.32 Å². The highest BCUT2D eigenvalue weighted by molar-refractivity contribution is 7.09. The molecule has 1 aromatic heterocycles. The second-order valence-electron chi connectivity index (χ2n) is 5.10. The minimum atomic E-state index is -0.00717. The maximum Gasteiger partial charge on any atom is 0.308 e. The Kier molecular flexibility index (Phi) is 5.86. The van der Waals surface area contributed by atoms with Crippen LogP contribution in [0.3, 0.4) is 0 Å². The first kappa shape index (κ1) is 14.5. The molecule has 2 rings (SSSR count). The molecule has 19 heavy (non-hydrogen) atoms. The summed E-state index contributed by atoms with van der Waals surface area (Å²) in [5, 5.41) is 5.70. The maximum atomic E-state index is 11.8. The lowest BCUT2D eigenvalue weighted by atomic mass is 9.85. The van der Waals surface area contributed by atoms with Gasteiger partial charge < -0.3 is 10.1 Å². The summed E-state index contributed by atoms with van der Waals surface area (Å²) in [6.45, 7) is 3.37. The van der Waals surface area contributed by atoms with Gasteiger partial charge in [0, 0.05) is 17.5 Å². The second kappa shape index (κ2) is 7.65. The van der Waals surface area contributed by atoms with Crippen molar-refractivity contribution < 1.29 is 9.53 Å². The lowest BCUT2D eigenvalue weighted by Crippen LogP contribution is -2.37. The van der Waals surface area contributed by atoms with E-state index in [9.17, 15) is 4.79 Å². The van der Waals surface area contributed by atoms with Gasteiger partial charge in [-0.25, -0.2) is 0 Å². The van der Waals surface area contributed by atoms with Crippen LogP contribution >= 0.6 is 11.3 Å². The van der Waals surface area contributed by atoms with Gasteiger partial charge in [-0.2, -0.15) is 0 Å². The summed E-state index contributed by atoms with van der Waals surface area (Å²) in [4.78, 5) is 13.2. The van der Waals surface area contributed by atoms with E-state index in [1.807, 2.05) is 18.3 Å². The van der Waals surface area contributed by atoms with Gasteiger partial charge in [-0.05, 0) is 44.1 Å². The van der Waals surface area contributed by atoms with E-state index < -0.39 is 0 Å². The summed E-state index contributed by atoms with van der Waals surface area (Å²) in [7, 11) is 0. The molecule has 1 saturated carbocycles. The average Bonchev–Trinajstić information content (AvgIpc) is 2.93. The zero-order valence-electron chi connectivity index (χ0n) is 11.6. The van der Waals surface area contributed by atoms with Crippen molar-refractivity contribution in [2.75, 3.05) is 13.2 Å². The minimum absolute atomic E-state index is 0.00717. The number of ether oxygens (including phenoxy) is 1. The van der Waals surface area contributed by atoms with E-state index in [1.165, 1.54) is 11.3 Å². The minimum Gasteiger partial charge on any atom is -0.466 e. The lowest BCUT2D eigenvalue weighted by molar-refractivity contribution is -0.149. The molecule has 2 unspecified atom stereocenters. The van der Waals surface area contributed by atoms with Crippen LogP contribution in [0.4, 0.5) is 0 Å². The molecular weight excluding hydrogens is 258 g/mol. The van der Waals surface area contributed by atoms with E-state index in [0.29, 0.717) is 12.6 Å². The number of hydrogen-bond acceptors (Lipinski definition) is 4. The summed E-state index contributed by atoms with van der Waals surface area (Å²) >= 11 is 1.81. The Morgan fingerprint density at radius 3 is 3.16 bits per heavy atom. The molecule has 0 radical (unpaired) electrons. The van der Waals surface area contributed by atoms with E-state index >= 15 is 0 Å². The topological polar surface area (TPSA) is 38.3 Å². The Morgan fingerprint density at radius 2 is 2.42 bits per heavy atom. The van der Waals surface area contributed by atoms with E-state index in [4.69, 9.17) is 4.74 Å². The quantitative estimate of drug-likeness (QED) is 0.815. The molecule has 1 aliphatic rings. The Bertz CT molecular complexity index is 378. The Labute approximate surface area is 119 Å². The third-order valence-corrected chi connectivity index (χ3v) is 4.61. The van der Waals surface area contributed by atoms with Crippen LogP contribution in [-0.4, -0.2) is 25.2 Å². The summed E-state index contributed by atoms with van der Waals surface area (Å²) < 4.78 is 5.13. The smallest absolute Gasteiger partial charge is 0.308 e. The standard InChI is InChI=1S/C15H23NO2S/c1-2-18-15(17)12-5-3-6-13(11-12)16-9-8-14-7-4-10-19-14/h4,7,10,12-13,16H,2-3,5-6,8-9,11H2,1H3. The monoisotopic (exact) mass is 281 g/mol. The molecule has 3 nitrogen and oxygen atoms in total. The lowest BCUT2D eigenvalue weighted by Gasteiger charge is -2.28. The fraction of sp³-hybridized carbons (Fsp3) is 0.667. The van der Waals surface area contributed by atoms with Crippen LogP contribution in [0.1, 0.15) is 37.5 Å². The first-order valence-electron chi connectivity index (χ1n) is 7.22. The largest absolute Gasteiger partial charge is 0.466 e. The molecular formula is C15H23NO2S. The number of esters is 1. The van der Waals surface area contributed by atoms with Crippen LogP contribution in [0.2, 0.25) is 0 Å². The van der Waals surface area contributed by atoms with Gasteiger partial charge in [0.1, 0.15) is 0 Å². The Morgan fingerprint density at radius 1 is 1.53 bits per heavy atom. The maximum absolute atomic E-state index is 11.8.